The lowest BCUT2D eigenvalue weighted by atomic mass is 10.2. The Morgan fingerprint density at radius 2 is 1.95 bits per heavy atom. The molecule has 5 heteroatoms. The van der Waals surface area contributed by atoms with E-state index in [-0.39, 0.29) is 12.1 Å². The third kappa shape index (κ3) is 6.79. The topological polar surface area (TPSA) is 30.5 Å². The maximum Gasteiger partial charge on any atom is 0.157 e. The average molecular weight is 348 g/mol. The second kappa shape index (κ2) is 10.3. The predicted molar refractivity (Wildman–Crippen MR) is 82.1 cm³/mol. The Kier molecular flexibility index (Phi) is 9.02. The Balaban J connectivity index is 2.19. The maximum absolute atomic E-state index is 13.1. The van der Waals surface area contributed by atoms with E-state index in [1.54, 1.807) is 12.1 Å². The van der Waals surface area contributed by atoms with Crippen molar-refractivity contribution in [2.24, 2.45) is 0 Å². The molecule has 1 N–H and O–H groups in total. The highest BCUT2D eigenvalue weighted by molar-refractivity contribution is 9.10. The van der Waals surface area contributed by atoms with Crippen LogP contribution < -0.4 is 5.32 Å². The molecule has 0 atom stereocenters. The summed E-state index contributed by atoms with van der Waals surface area (Å²) in [6, 6.07) is 5.06. The third-order valence-electron chi connectivity index (χ3n) is 2.81. The van der Waals surface area contributed by atoms with Crippen molar-refractivity contribution in [1.29, 1.82) is 0 Å². The molecule has 0 spiro atoms. The molecule has 0 amide bonds. The zero-order valence-corrected chi connectivity index (χ0v) is 13.7. The lowest BCUT2D eigenvalue weighted by molar-refractivity contribution is -0.139. The van der Waals surface area contributed by atoms with E-state index in [1.807, 2.05) is 13.8 Å². The number of ether oxygens (including phenoxy) is 2. The van der Waals surface area contributed by atoms with Crippen molar-refractivity contribution < 1.29 is 13.9 Å². The number of hydrogen-bond acceptors (Lipinski definition) is 3. The Labute approximate surface area is 129 Å². The lowest BCUT2D eigenvalue weighted by Crippen LogP contribution is -2.21. The number of nitrogens with one attached hydrogen (secondary N) is 1. The van der Waals surface area contributed by atoms with Gasteiger partial charge in [0, 0.05) is 19.8 Å². The van der Waals surface area contributed by atoms with Crippen LogP contribution in [0.4, 0.5) is 4.39 Å². The van der Waals surface area contributed by atoms with E-state index >= 15 is 0 Å². The van der Waals surface area contributed by atoms with Gasteiger partial charge in [-0.05, 0) is 66.9 Å². The second-order valence-electron chi connectivity index (χ2n) is 4.41. The molecule has 0 aliphatic rings. The Bertz CT molecular complexity index is 384. The first-order valence-electron chi connectivity index (χ1n) is 7.05. The van der Waals surface area contributed by atoms with E-state index in [2.05, 4.69) is 21.2 Å². The fourth-order valence-corrected chi connectivity index (χ4v) is 2.29. The molecule has 3 nitrogen and oxygen atoms in total. The van der Waals surface area contributed by atoms with Crippen LogP contribution in [0.5, 0.6) is 0 Å². The monoisotopic (exact) mass is 347 g/mol. The molecular formula is C15H23BrFNO2. The molecule has 114 valence electrons. The summed E-state index contributed by atoms with van der Waals surface area (Å²) in [5, 5.41) is 3.33. The summed E-state index contributed by atoms with van der Waals surface area (Å²) >= 11 is 3.19. The normalized spacial score (nSPS) is 11.2. The van der Waals surface area contributed by atoms with E-state index < -0.39 is 0 Å². The van der Waals surface area contributed by atoms with Crippen LogP contribution in [0.2, 0.25) is 0 Å². The molecule has 0 aliphatic carbocycles. The molecule has 1 aromatic rings. The summed E-state index contributed by atoms with van der Waals surface area (Å²) in [4.78, 5) is 0. The first kappa shape index (κ1) is 17.6. The maximum atomic E-state index is 13.1. The van der Waals surface area contributed by atoms with Gasteiger partial charge in [-0.3, -0.25) is 0 Å². The molecule has 1 aromatic carbocycles. The van der Waals surface area contributed by atoms with Gasteiger partial charge in [0.1, 0.15) is 5.82 Å². The van der Waals surface area contributed by atoms with Crippen LogP contribution in [0.25, 0.3) is 0 Å². The number of halogens is 2. The highest BCUT2D eigenvalue weighted by Crippen LogP contribution is 2.16. The molecule has 0 saturated heterocycles. The van der Waals surface area contributed by atoms with Crippen molar-refractivity contribution >= 4 is 15.9 Å². The van der Waals surface area contributed by atoms with Gasteiger partial charge in [0.05, 0.1) is 4.47 Å². The molecule has 0 aromatic heterocycles. The van der Waals surface area contributed by atoms with Crippen molar-refractivity contribution in [2.45, 2.75) is 39.5 Å². The molecule has 0 unspecified atom stereocenters. The van der Waals surface area contributed by atoms with Gasteiger partial charge in [-0.25, -0.2) is 4.39 Å². The average Bonchev–Trinajstić information content (AvgIpc) is 2.43. The fourth-order valence-electron chi connectivity index (χ4n) is 1.86. The van der Waals surface area contributed by atoms with Gasteiger partial charge in [-0.2, -0.15) is 0 Å². The summed E-state index contributed by atoms with van der Waals surface area (Å²) in [7, 11) is 0. The fraction of sp³-hybridized carbons (Fsp3) is 0.600. The Hall–Kier alpha value is -0.490. The van der Waals surface area contributed by atoms with E-state index in [1.165, 1.54) is 6.07 Å². The number of rotatable bonds is 10. The minimum absolute atomic E-state index is 0.105. The van der Waals surface area contributed by atoms with Crippen LogP contribution >= 0.6 is 15.9 Å². The summed E-state index contributed by atoms with van der Waals surface area (Å²) in [6.07, 6.45) is 1.75. The smallest absolute Gasteiger partial charge is 0.157 e. The predicted octanol–water partition coefficient (Wildman–Crippen LogP) is 3.86. The van der Waals surface area contributed by atoms with Gasteiger partial charge in [0.2, 0.25) is 0 Å². The minimum Gasteiger partial charge on any atom is -0.353 e. The van der Waals surface area contributed by atoms with Crippen LogP contribution in [0.3, 0.4) is 0 Å². The summed E-state index contributed by atoms with van der Waals surface area (Å²) in [5.74, 6) is -0.231. The van der Waals surface area contributed by atoms with E-state index in [4.69, 9.17) is 9.47 Å². The van der Waals surface area contributed by atoms with Crippen LogP contribution in [0.1, 0.15) is 32.3 Å². The molecule has 20 heavy (non-hydrogen) atoms. The zero-order valence-electron chi connectivity index (χ0n) is 12.1. The van der Waals surface area contributed by atoms with Crippen molar-refractivity contribution in [3.63, 3.8) is 0 Å². The highest BCUT2D eigenvalue weighted by atomic mass is 79.9. The van der Waals surface area contributed by atoms with Crippen molar-refractivity contribution in [3.8, 4) is 0 Å². The number of benzene rings is 1. The van der Waals surface area contributed by atoms with Crippen LogP contribution in [-0.4, -0.2) is 26.0 Å². The van der Waals surface area contributed by atoms with Gasteiger partial charge in [-0.15, -0.1) is 0 Å². The molecule has 0 aliphatic heterocycles. The van der Waals surface area contributed by atoms with E-state index in [0.717, 1.165) is 31.5 Å². The summed E-state index contributed by atoms with van der Waals surface area (Å²) < 4.78 is 24.5. The molecule has 0 bridgehead atoms. The largest absolute Gasteiger partial charge is 0.353 e. The molecule has 0 fully saturated rings. The van der Waals surface area contributed by atoms with Gasteiger partial charge < -0.3 is 14.8 Å². The summed E-state index contributed by atoms with van der Waals surface area (Å²) in [6.45, 7) is 6.88. The van der Waals surface area contributed by atoms with Gasteiger partial charge in [-0.1, -0.05) is 6.07 Å². The Morgan fingerprint density at radius 1 is 1.25 bits per heavy atom. The Morgan fingerprint density at radius 3 is 2.55 bits per heavy atom. The highest BCUT2D eigenvalue weighted by Gasteiger charge is 2.06. The molecule has 0 radical (unpaired) electrons. The standard InChI is InChI=1S/C15H23BrFNO2/c1-3-19-15(20-4-2)6-5-9-18-11-12-7-8-14(17)13(16)10-12/h7-8,10,15,18H,3-6,9,11H2,1-2H3. The van der Waals surface area contributed by atoms with Crippen LogP contribution in [-0.2, 0) is 16.0 Å². The zero-order chi connectivity index (χ0) is 14.8. The summed E-state index contributed by atoms with van der Waals surface area (Å²) in [5.41, 5.74) is 1.06. The van der Waals surface area contributed by atoms with Gasteiger partial charge >= 0.3 is 0 Å². The van der Waals surface area contributed by atoms with Crippen LogP contribution in [0.15, 0.2) is 22.7 Å². The first-order valence-corrected chi connectivity index (χ1v) is 7.84. The lowest BCUT2D eigenvalue weighted by Gasteiger charge is -2.16. The van der Waals surface area contributed by atoms with Crippen molar-refractivity contribution in [1.82, 2.24) is 5.32 Å². The SMILES string of the molecule is CCOC(CCCNCc1ccc(F)c(Br)c1)OCC. The first-order chi connectivity index (χ1) is 9.67. The molecule has 0 saturated carbocycles. The van der Waals surface area contributed by atoms with Crippen molar-refractivity contribution in [3.05, 3.63) is 34.1 Å². The number of hydrogen-bond donors (Lipinski definition) is 1. The van der Waals surface area contributed by atoms with Crippen molar-refractivity contribution in [2.75, 3.05) is 19.8 Å². The quantitative estimate of drug-likeness (QED) is 0.515. The van der Waals surface area contributed by atoms with E-state index in [0.29, 0.717) is 17.7 Å². The third-order valence-corrected chi connectivity index (χ3v) is 3.42. The minimum atomic E-state index is -0.231. The van der Waals surface area contributed by atoms with E-state index in [9.17, 15) is 4.39 Å². The molecular weight excluding hydrogens is 325 g/mol. The molecule has 1 rings (SSSR count). The van der Waals surface area contributed by atoms with Gasteiger partial charge in [0.15, 0.2) is 6.29 Å². The van der Waals surface area contributed by atoms with Gasteiger partial charge in [0.25, 0.3) is 0 Å². The second-order valence-corrected chi connectivity index (χ2v) is 5.26. The molecule has 0 heterocycles. The van der Waals surface area contributed by atoms with Crippen LogP contribution in [0, 0.1) is 5.82 Å².